The summed E-state index contributed by atoms with van der Waals surface area (Å²) in [7, 11) is 0. The Kier molecular flexibility index (Phi) is 5.03. The Labute approximate surface area is 173 Å². The van der Waals surface area contributed by atoms with Crippen LogP contribution in [0.4, 0.5) is 0 Å². The molecule has 0 aliphatic heterocycles. The molecule has 0 atom stereocenters. The van der Waals surface area contributed by atoms with E-state index in [1.807, 2.05) is 0 Å². The van der Waals surface area contributed by atoms with Crippen LogP contribution in [0.5, 0.6) is 5.75 Å². The van der Waals surface area contributed by atoms with Gasteiger partial charge in [-0.2, -0.15) is 0 Å². The van der Waals surface area contributed by atoms with Crippen LogP contribution in [0.3, 0.4) is 0 Å². The Morgan fingerprint density at radius 3 is 2.50 bits per heavy atom. The van der Waals surface area contributed by atoms with Crippen molar-refractivity contribution in [1.82, 2.24) is 0 Å². The molecule has 0 fully saturated rings. The molecule has 0 aliphatic rings. The molecule has 0 N–H and O–H groups in total. The zero-order valence-electron chi connectivity index (χ0n) is 14.3. The number of benzene rings is 3. The summed E-state index contributed by atoms with van der Waals surface area (Å²) < 4.78 is 12.2. The summed E-state index contributed by atoms with van der Waals surface area (Å²) in [6, 6.07) is 20.4. The van der Waals surface area contributed by atoms with Gasteiger partial charge < -0.3 is 9.15 Å². The van der Waals surface area contributed by atoms with Crippen LogP contribution in [-0.4, -0.2) is 5.97 Å². The molecule has 0 unspecified atom stereocenters. The van der Waals surface area contributed by atoms with E-state index in [2.05, 4.69) is 15.9 Å². The molecule has 28 heavy (non-hydrogen) atoms. The largest absolute Gasteiger partial charge is 0.452 e. The lowest BCUT2D eigenvalue weighted by molar-refractivity contribution is 0.0731. The minimum absolute atomic E-state index is 0.109. The number of rotatable bonds is 3. The van der Waals surface area contributed by atoms with E-state index in [1.54, 1.807) is 72.8 Å². The average Bonchev–Trinajstić information content (AvgIpc) is 2.70. The Morgan fingerprint density at radius 2 is 1.71 bits per heavy atom. The Bertz CT molecular complexity index is 1260. The number of ether oxygens (including phenoxy) is 1. The lowest BCUT2D eigenvalue weighted by Gasteiger charge is -2.11. The molecule has 0 aliphatic carbocycles. The van der Waals surface area contributed by atoms with Crippen LogP contribution in [-0.2, 0) is 0 Å². The van der Waals surface area contributed by atoms with Gasteiger partial charge in [0.25, 0.3) is 0 Å². The van der Waals surface area contributed by atoms with E-state index in [0.29, 0.717) is 27.1 Å². The maximum absolute atomic E-state index is 13.1. The van der Waals surface area contributed by atoms with E-state index in [4.69, 9.17) is 20.8 Å². The van der Waals surface area contributed by atoms with Crippen LogP contribution in [0.15, 0.2) is 86.5 Å². The van der Waals surface area contributed by atoms with Crippen LogP contribution in [0.25, 0.3) is 22.3 Å². The predicted molar refractivity (Wildman–Crippen MR) is 112 cm³/mol. The smallest absolute Gasteiger partial charge is 0.343 e. The van der Waals surface area contributed by atoms with Gasteiger partial charge in [-0.05, 0) is 42.5 Å². The standard InChI is InChI=1S/C22H12BrClO4/c23-14-7-5-6-13(12-14)22(26)28-21-19(25)16-9-2-4-11-18(16)27-20(21)15-8-1-3-10-17(15)24/h1-12H. The van der Waals surface area contributed by atoms with Gasteiger partial charge in [0.2, 0.25) is 11.2 Å². The van der Waals surface area contributed by atoms with Crippen LogP contribution >= 0.6 is 27.5 Å². The minimum Gasteiger partial charge on any atom is -0.452 e. The molecule has 0 bridgehead atoms. The first kappa shape index (κ1) is 18.5. The Morgan fingerprint density at radius 1 is 0.964 bits per heavy atom. The SMILES string of the molecule is O=C(Oc1c(-c2ccccc2Cl)oc2ccccc2c1=O)c1cccc(Br)c1. The highest BCUT2D eigenvalue weighted by molar-refractivity contribution is 9.10. The molecule has 0 saturated heterocycles. The van der Waals surface area contributed by atoms with E-state index in [-0.39, 0.29) is 11.5 Å². The van der Waals surface area contributed by atoms with Crippen molar-refractivity contribution in [1.29, 1.82) is 0 Å². The summed E-state index contributed by atoms with van der Waals surface area (Å²) in [5.41, 5.74) is 0.695. The first-order valence-corrected chi connectivity index (χ1v) is 9.50. The second-order valence-electron chi connectivity index (χ2n) is 5.97. The number of hydrogen-bond donors (Lipinski definition) is 0. The molecular weight excluding hydrogens is 444 g/mol. The predicted octanol–water partition coefficient (Wildman–Crippen LogP) is 6.10. The van der Waals surface area contributed by atoms with Gasteiger partial charge >= 0.3 is 5.97 Å². The van der Waals surface area contributed by atoms with Gasteiger partial charge in [-0.15, -0.1) is 0 Å². The van der Waals surface area contributed by atoms with E-state index >= 15 is 0 Å². The van der Waals surface area contributed by atoms with Crippen molar-refractivity contribution in [3.63, 3.8) is 0 Å². The van der Waals surface area contributed by atoms with Crippen LogP contribution in [0, 0.1) is 0 Å². The molecular formula is C22H12BrClO4. The van der Waals surface area contributed by atoms with E-state index in [1.165, 1.54) is 0 Å². The van der Waals surface area contributed by atoms with Gasteiger partial charge in [-0.3, -0.25) is 4.79 Å². The summed E-state index contributed by atoms with van der Waals surface area (Å²) in [5, 5.41) is 0.691. The Hall–Kier alpha value is -2.89. The fourth-order valence-electron chi connectivity index (χ4n) is 2.81. The summed E-state index contributed by atoms with van der Waals surface area (Å²) in [6.45, 7) is 0. The van der Waals surface area contributed by atoms with Gasteiger partial charge in [-0.25, -0.2) is 4.79 Å². The number of carbonyl (C=O) groups is 1. The number of esters is 1. The van der Waals surface area contributed by atoms with Crippen LogP contribution in [0.2, 0.25) is 5.02 Å². The van der Waals surface area contributed by atoms with E-state index < -0.39 is 11.4 Å². The number of halogens is 2. The summed E-state index contributed by atoms with van der Waals surface area (Å²) in [5.74, 6) is -0.758. The third-order valence-corrected chi connectivity index (χ3v) is 4.95. The van der Waals surface area contributed by atoms with Crippen molar-refractivity contribution < 1.29 is 13.9 Å². The quantitative estimate of drug-likeness (QED) is 0.351. The molecule has 4 nitrogen and oxygen atoms in total. The molecule has 6 heteroatoms. The lowest BCUT2D eigenvalue weighted by Crippen LogP contribution is -2.16. The van der Waals surface area contributed by atoms with E-state index in [9.17, 15) is 9.59 Å². The van der Waals surface area contributed by atoms with Gasteiger partial charge in [-0.1, -0.05) is 57.9 Å². The topological polar surface area (TPSA) is 56.5 Å². The zero-order chi connectivity index (χ0) is 19.7. The molecule has 3 aromatic carbocycles. The third-order valence-electron chi connectivity index (χ3n) is 4.13. The summed E-state index contributed by atoms with van der Waals surface area (Å²) in [6.07, 6.45) is 0. The minimum atomic E-state index is -0.669. The fourth-order valence-corrected chi connectivity index (χ4v) is 3.43. The molecule has 4 rings (SSSR count). The second kappa shape index (κ2) is 7.62. The van der Waals surface area contributed by atoms with Gasteiger partial charge in [0.05, 0.1) is 16.0 Å². The monoisotopic (exact) mass is 454 g/mol. The van der Waals surface area contributed by atoms with Gasteiger partial charge in [0, 0.05) is 10.0 Å². The molecule has 0 spiro atoms. The highest BCUT2D eigenvalue weighted by Gasteiger charge is 2.22. The summed E-state index contributed by atoms with van der Waals surface area (Å²) in [4.78, 5) is 25.7. The molecule has 0 amide bonds. The Balaban J connectivity index is 1.92. The molecule has 0 saturated carbocycles. The van der Waals surface area contributed by atoms with E-state index in [0.717, 1.165) is 4.47 Å². The second-order valence-corrected chi connectivity index (χ2v) is 7.29. The summed E-state index contributed by atoms with van der Waals surface area (Å²) >= 11 is 9.62. The molecule has 1 heterocycles. The average molecular weight is 456 g/mol. The highest BCUT2D eigenvalue weighted by atomic mass is 79.9. The molecule has 4 aromatic rings. The molecule has 0 radical (unpaired) electrons. The van der Waals surface area contributed by atoms with Crippen LogP contribution in [0.1, 0.15) is 10.4 Å². The first-order chi connectivity index (χ1) is 13.5. The highest BCUT2D eigenvalue weighted by Crippen LogP contribution is 2.35. The number of hydrogen-bond acceptors (Lipinski definition) is 4. The third kappa shape index (κ3) is 3.46. The van der Waals surface area contributed by atoms with Crippen LogP contribution < -0.4 is 10.2 Å². The van der Waals surface area contributed by atoms with Gasteiger partial charge in [0.1, 0.15) is 5.58 Å². The fraction of sp³-hybridized carbons (Fsp3) is 0. The molecule has 1 aromatic heterocycles. The normalized spacial score (nSPS) is 10.8. The number of fused-ring (bicyclic) bond motifs is 1. The van der Waals surface area contributed by atoms with Crippen molar-refractivity contribution in [2.24, 2.45) is 0 Å². The van der Waals surface area contributed by atoms with Crippen molar-refractivity contribution >= 4 is 44.5 Å². The number of para-hydroxylation sites is 1. The van der Waals surface area contributed by atoms with Crippen molar-refractivity contribution in [2.75, 3.05) is 0 Å². The first-order valence-electron chi connectivity index (χ1n) is 8.33. The zero-order valence-corrected chi connectivity index (χ0v) is 16.7. The van der Waals surface area contributed by atoms with Crippen molar-refractivity contribution in [3.05, 3.63) is 98.1 Å². The van der Waals surface area contributed by atoms with Gasteiger partial charge in [0.15, 0.2) is 5.76 Å². The lowest BCUT2D eigenvalue weighted by atomic mass is 10.1. The maximum Gasteiger partial charge on any atom is 0.343 e. The van der Waals surface area contributed by atoms with Crippen molar-refractivity contribution in [3.8, 4) is 17.1 Å². The molecule has 138 valence electrons. The maximum atomic E-state index is 13.1. The number of carbonyl (C=O) groups excluding carboxylic acids is 1. The van der Waals surface area contributed by atoms with Crippen molar-refractivity contribution in [2.45, 2.75) is 0 Å².